The average Bonchev–Trinajstić information content (AvgIpc) is 2.36. The molecule has 1 unspecified atom stereocenters. The second-order valence-electron chi connectivity index (χ2n) is 4.37. The van der Waals surface area contributed by atoms with Gasteiger partial charge in [0.1, 0.15) is 11.9 Å². The molecule has 0 saturated heterocycles. The van der Waals surface area contributed by atoms with E-state index in [1.165, 1.54) is 0 Å². The lowest BCUT2D eigenvalue weighted by atomic mass is 10.2. The number of nitrogens with one attached hydrogen (secondary N) is 1. The zero-order valence-electron chi connectivity index (χ0n) is 10.5. The van der Waals surface area contributed by atoms with Crippen molar-refractivity contribution in [1.82, 2.24) is 4.90 Å². The number of likely N-dealkylation sites (N-methyl/N-ethyl adjacent to an activating group) is 1. The topological polar surface area (TPSA) is 33.7 Å². The molecule has 2 rings (SSSR count). The predicted molar refractivity (Wildman–Crippen MR) is 68.7 cm³/mol. The molecule has 0 amide bonds. The molecule has 17 heavy (non-hydrogen) atoms. The molecule has 4 heteroatoms. The number of anilines is 1. The van der Waals surface area contributed by atoms with Crippen LogP contribution < -0.4 is 10.1 Å². The van der Waals surface area contributed by atoms with E-state index in [1.54, 1.807) is 7.11 Å². The first-order chi connectivity index (χ1) is 8.29. The number of rotatable bonds is 5. The summed E-state index contributed by atoms with van der Waals surface area (Å²) in [6, 6.07) is 8.06. The Morgan fingerprint density at radius 3 is 3.12 bits per heavy atom. The molecule has 1 aromatic carbocycles. The molecule has 1 aliphatic rings. The standard InChI is InChI=1S/C13H20N2O2/c1-15(7-8-16-2)10-11-9-14-12-5-3-4-6-13(12)17-11/h3-6,11,14H,7-10H2,1-2H3. The van der Waals surface area contributed by atoms with Crippen molar-refractivity contribution in [3.05, 3.63) is 24.3 Å². The van der Waals surface area contributed by atoms with E-state index in [0.717, 1.165) is 37.7 Å². The van der Waals surface area contributed by atoms with Crippen molar-refractivity contribution in [3.8, 4) is 5.75 Å². The second kappa shape index (κ2) is 5.89. The molecule has 4 nitrogen and oxygen atoms in total. The average molecular weight is 236 g/mol. The minimum absolute atomic E-state index is 0.201. The highest BCUT2D eigenvalue weighted by Gasteiger charge is 2.19. The molecule has 1 heterocycles. The van der Waals surface area contributed by atoms with Crippen LogP contribution in [0.5, 0.6) is 5.75 Å². The summed E-state index contributed by atoms with van der Waals surface area (Å²) in [6.07, 6.45) is 0.201. The van der Waals surface area contributed by atoms with Crippen LogP contribution in [0.2, 0.25) is 0 Å². The Balaban J connectivity index is 1.85. The third kappa shape index (κ3) is 3.35. The number of methoxy groups -OCH3 is 1. The van der Waals surface area contributed by atoms with Gasteiger partial charge in [-0.1, -0.05) is 12.1 Å². The van der Waals surface area contributed by atoms with Gasteiger partial charge in [-0.15, -0.1) is 0 Å². The number of para-hydroxylation sites is 2. The zero-order chi connectivity index (χ0) is 12.1. The van der Waals surface area contributed by atoms with Crippen LogP contribution in [-0.4, -0.2) is 51.4 Å². The first-order valence-electron chi connectivity index (χ1n) is 5.96. The fourth-order valence-electron chi connectivity index (χ4n) is 1.95. The second-order valence-corrected chi connectivity index (χ2v) is 4.37. The van der Waals surface area contributed by atoms with E-state index in [2.05, 4.69) is 17.3 Å². The third-order valence-corrected chi connectivity index (χ3v) is 2.89. The van der Waals surface area contributed by atoms with Crippen molar-refractivity contribution < 1.29 is 9.47 Å². The molecule has 1 N–H and O–H groups in total. The maximum Gasteiger partial charge on any atom is 0.142 e. The molecule has 0 radical (unpaired) electrons. The number of ether oxygens (including phenoxy) is 2. The molecular formula is C13H20N2O2. The normalized spacial score (nSPS) is 18.4. The maximum atomic E-state index is 5.94. The summed E-state index contributed by atoms with van der Waals surface area (Å²) >= 11 is 0. The summed E-state index contributed by atoms with van der Waals surface area (Å²) in [6.45, 7) is 3.45. The summed E-state index contributed by atoms with van der Waals surface area (Å²) < 4.78 is 11.0. The van der Waals surface area contributed by atoms with Crippen LogP contribution in [0, 0.1) is 0 Å². The summed E-state index contributed by atoms with van der Waals surface area (Å²) in [5, 5.41) is 3.39. The van der Waals surface area contributed by atoms with E-state index in [-0.39, 0.29) is 6.10 Å². The van der Waals surface area contributed by atoms with Crippen LogP contribution in [0.25, 0.3) is 0 Å². The lowest BCUT2D eigenvalue weighted by Crippen LogP contribution is -2.41. The number of hydrogen-bond acceptors (Lipinski definition) is 4. The molecule has 0 spiro atoms. The molecule has 94 valence electrons. The van der Waals surface area contributed by atoms with Gasteiger partial charge in [0, 0.05) is 20.2 Å². The van der Waals surface area contributed by atoms with Gasteiger partial charge in [0.2, 0.25) is 0 Å². The van der Waals surface area contributed by atoms with Crippen LogP contribution in [0.4, 0.5) is 5.69 Å². The Kier molecular flexibility index (Phi) is 4.23. The summed E-state index contributed by atoms with van der Waals surface area (Å²) in [5.41, 5.74) is 1.09. The van der Waals surface area contributed by atoms with Crippen LogP contribution >= 0.6 is 0 Å². The lowest BCUT2D eigenvalue weighted by molar-refractivity contribution is 0.119. The van der Waals surface area contributed by atoms with Crippen LogP contribution in [0.3, 0.4) is 0 Å². The minimum atomic E-state index is 0.201. The molecule has 0 aromatic heterocycles. The van der Waals surface area contributed by atoms with E-state index in [1.807, 2.05) is 24.3 Å². The highest BCUT2D eigenvalue weighted by Crippen LogP contribution is 2.28. The number of nitrogens with zero attached hydrogens (tertiary/aromatic N) is 1. The SMILES string of the molecule is COCCN(C)CC1CNc2ccccc2O1. The van der Waals surface area contributed by atoms with Crippen molar-refractivity contribution in [1.29, 1.82) is 0 Å². The summed E-state index contributed by atoms with van der Waals surface area (Å²) in [4.78, 5) is 2.23. The Morgan fingerprint density at radius 2 is 2.29 bits per heavy atom. The fourth-order valence-corrected chi connectivity index (χ4v) is 1.95. The zero-order valence-corrected chi connectivity index (χ0v) is 10.5. The van der Waals surface area contributed by atoms with E-state index >= 15 is 0 Å². The van der Waals surface area contributed by atoms with E-state index < -0.39 is 0 Å². The molecule has 1 atom stereocenters. The Morgan fingerprint density at radius 1 is 1.47 bits per heavy atom. The van der Waals surface area contributed by atoms with Gasteiger partial charge in [-0.05, 0) is 19.2 Å². The van der Waals surface area contributed by atoms with E-state index in [0.29, 0.717) is 0 Å². The van der Waals surface area contributed by atoms with E-state index in [4.69, 9.17) is 9.47 Å². The van der Waals surface area contributed by atoms with Gasteiger partial charge in [-0.2, -0.15) is 0 Å². The first-order valence-corrected chi connectivity index (χ1v) is 5.96. The van der Waals surface area contributed by atoms with Gasteiger partial charge in [0.05, 0.1) is 18.8 Å². The van der Waals surface area contributed by atoms with Gasteiger partial charge in [-0.3, -0.25) is 0 Å². The van der Waals surface area contributed by atoms with Crippen LogP contribution in [0.1, 0.15) is 0 Å². The Hall–Kier alpha value is -1.26. The van der Waals surface area contributed by atoms with Gasteiger partial charge < -0.3 is 19.7 Å². The quantitative estimate of drug-likeness (QED) is 0.838. The van der Waals surface area contributed by atoms with Gasteiger partial charge >= 0.3 is 0 Å². The highest BCUT2D eigenvalue weighted by molar-refractivity contribution is 5.57. The Labute approximate surface area is 103 Å². The van der Waals surface area contributed by atoms with E-state index in [9.17, 15) is 0 Å². The largest absolute Gasteiger partial charge is 0.485 e. The number of fused-ring (bicyclic) bond motifs is 1. The fraction of sp³-hybridized carbons (Fsp3) is 0.538. The van der Waals surface area contributed by atoms with Crippen molar-refractivity contribution in [2.45, 2.75) is 6.10 Å². The third-order valence-electron chi connectivity index (χ3n) is 2.89. The van der Waals surface area contributed by atoms with Gasteiger partial charge in [-0.25, -0.2) is 0 Å². The van der Waals surface area contributed by atoms with Crippen LogP contribution in [-0.2, 0) is 4.74 Å². The molecular weight excluding hydrogens is 216 g/mol. The summed E-state index contributed by atoms with van der Waals surface area (Å²) in [7, 11) is 3.81. The predicted octanol–water partition coefficient (Wildman–Crippen LogP) is 1.44. The van der Waals surface area contributed by atoms with Crippen molar-refractivity contribution in [2.75, 3.05) is 45.7 Å². The molecule has 0 bridgehead atoms. The van der Waals surface area contributed by atoms with Crippen LogP contribution in [0.15, 0.2) is 24.3 Å². The number of benzene rings is 1. The van der Waals surface area contributed by atoms with Gasteiger partial charge in [0.15, 0.2) is 0 Å². The van der Waals surface area contributed by atoms with Crippen molar-refractivity contribution >= 4 is 5.69 Å². The van der Waals surface area contributed by atoms with Crippen molar-refractivity contribution in [3.63, 3.8) is 0 Å². The number of hydrogen-bond donors (Lipinski definition) is 1. The molecule has 0 fully saturated rings. The maximum absolute atomic E-state index is 5.94. The van der Waals surface area contributed by atoms with Gasteiger partial charge in [0.25, 0.3) is 0 Å². The Bertz CT molecular complexity index is 357. The first kappa shape index (κ1) is 12.2. The molecule has 0 saturated carbocycles. The van der Waals surface area contributed by atoms with Crippen molar-refractivity contribution in [2.24, 2.45) is 0 Å². The minimum Gasteiger partial charge on any atom is -0.485 e. The molecule has 1 aliphatic heterocycles. The molecule has 0 aliphatic carbocycles. The lowest BCUT2D eigenvalue weighted by Gasteiger charge is -2.30. The monoisotopic (exact) mass is 236 g/mol. The molecule has 1 aromatic rings. The summed E-state index contributed by atoms with van der Waals surface area (Å²) in [5.74, 6) is 0.948. The highest BCUT2D eigenvalue weighted by atomic mass is 16.5. The smallest absolute Gasteiger partial charge is 0.142 e.